The first-order valence-corrected chi connectivity index (χ1v) is 6.29. The van der Waals surface area contributed by atoms with E-state index in [1.165, 1.54) is 4.88 Å². The molecule has 3 aromatic heterocycles. The van der Waals surface area contributed by atoms with Crippen LogP contribution >= 0.6 is 11.3 Å². The van der Waals surface area contributed by atoms with Gasteiger partial charge >= 0.3 is 5.97 Å². The molecular formula is C13H10N2O2S. The van der Waals surface area contributed by atoms with Crippen LogP contribution in [0, 0.1) is 6.92 Å². The van der Waals surface area contributed by atoms with Crippen LogP contribution in [0.4, 0.5) is 0 Å². The summed E-state index contributed by atoms with van der Waals surface area (Å²) in [4.78, 5) is 16.0. The predicted octanol–water partition coefficient (Wildman–Crippen LogP) is 3.07. The van der Waals surface area contributed by atoms with Crippen molar-refractivity contribution in [1.82, 2.24) is 9.38 Å². The van der Waals surface area contributed by atoms with Crippen LogP contribution in [0.3, 0.4) is 0 Å². The number of aryl methyl sites for hydroxylation is 1. The molecule has 0 aliphatic carbocycles. The predicted molar refractivity (Wildman–Crippen MR) is 70.2 cm³/mol. The van der Waals surface area contributed by atoms with Gasteiger partial charge in [0.05, 0.1) is 0 Å². The number of rotatable bonds is 2. The van der Waals surface area contributed by atoms with Crippen molar-refractivity contribution < 1.29 is 9.90 Å². The number of nitrogens with zero attached hydrogens (tertiary/aromatic N) is 2. The molecule has 4 nitrogen and oxygen atoms in total. The first-order chi connectivity index (χ1) is 8.66. The van der Waals surface area contributed by atoms with Gasteiger partial charge in [0, 0.05) is 21.7 Å². The van der Waals surface area contributed by atoms with E-state index in [1.54, 1.807) is 23.7 Å². The summed E-state index contributed by atoms with van der Waals surface area (Å²) in [6.45, 7) is 2.00. The summed E-state index contributed by atoms with van der Waals surface area (Å²) in [5, 5.41) is 11.0. The third kappa shape index (κ3) is 1.60. The Hall–Kier alpha value is -2.14. The number of fused-ring (bicyclic) bond motifs is 1. The first kappa shape index (κ1) is 11.0. The number of hydrogen-bond donors (Lipinski definition) is 1. The molecule has 0 saturated heterocycles. The highest BCUT2D eigenvalue weighted by Gasteiger charge is 2.12. The van der Waals surface area contributed by atoms with Crippen LogP contribution in [-0.4, -0.2) is 20.5 Å². The van der Waals surface area contributed by atoms with Gasteiger partial charge in [-0.2, -0.15) is 0 Å². The Morgan fingerprint density at radius 2 is 2.28 bits per heavy atom. The van der Waals surface area contributed by atoms with Gasteiger partial charge in [-0.1, -0.05) is 6.07 Å². The molecule has 0 atom stereocenters. The molecule has 0 radical (unpaired) electrons. The van der Waals surface area contributed by atoms with Gasteiger partial charge in [0.1, 0.15) is 6.33 Å². The zero-order chi connectivity index (χ0) is 12.7. The van der Waals surface area contributed by atoms with Crippen LogP contribution < -0.4 is 0 Å². The topological polar surface area (TPSA) is 54.6 Å². The number of carboxylic acid groups (broad SMARTS) is 1. The monoisotopic (exact) mass is 258 g/mol. The number of aromatic nitrogens is 2. The van der Waals surface area contributed by atoms with E-state index in [-0.39, 0.29) is 5.69 Å². The summed E-state index contributed by atoms with van der Waals surface area (Å²) in [5.41, 5.74) is 3.10. The molecule has 5 heteroatoms. The summed E-state index contributed by atoms with van der Waals surface area (Å²) in [6, 6.07) is 7.64. The van der Waals surface area contributed by atoms with Crippen molar-refractivity contribution in [3.63, 3.8) is 0 Å². The zero-order valence-corrected chi connectivity index (χ0v) is 10.4. The smallest absolute Gasteiger partial charge is 0.354 e. The normalized spacial score (nSPS) is 10.9. The minimum atomic E-state index is -1.01. The molecule has 3 heterocycles. The van der Waals surface area contributed by atoms with Crippen molar-refractivity contribution in [3.05, 3.63) is 47.4 Å². The van der Waals surface area contributed by atoms with Gasteiger partial charge in [-0.3, -0.25) is 0 Å². The molecule has 0 aliphatic heterocycles. The number of carbonyl (C=O) groups is 1. The second-order valence-electron chi connectivity index (χ2n) is 3.99. The molecule has 3 aromatic rings. The third-order valence-electron chi connectivity index (χ3n) is 2.92. The summed E-state index contributed by atoms with van der Waals surface area (Å²) in [7, 11) is 0. The number of carboxylic acids is 1. The van der Waals surface area contributed by atoms with Gasteiger partial charge in [-0.25, -0.2) is 9.78 Å². The van der Waals surface area contributed by atoms with Gasteiger partial charge in [-0.15, -0.1) is 11.3 Å². The van der Waals surface area contributed by atoms with Crippen molar-refractivity contribution in [2.45, 2.75) is 6.92 Å². The van der Waals surface area contributed by atoms with Crippen LogP contribution in [0.5, 0.6) is 0 Å². The maximum Gasteiger partial charge on any atom is 0.354 e. The fraction of sp³-hybridized carbons (Fsp3) is 0.0769. The molecule has 18 heavy (non-hydrogen) atoms. The van der Waals surface area contributed by atoms with E-state index < -0.39 is 5.97 Å². The Balaban J connectivity index is 2.25. The van der Waals surface area contributed by atoms with E-state index in [1.807, 2.05) is 28.8 Å². The maximum absolute atomic E-state index is 10.9. The molecule has 0 amide bonds. The van der Waals surface area contributed by atoms with Gasteiger partial charge in [-0.05, 0) is 30.5 Å². The highest BCUT2D eigenvalue weighted by Crippen LogP contribution is 2.30. The Morgan fingerprint density at radius 3 is 2.94 bits per heavy atom. The van der Waals surface area contributed by atoms with Crippen molar-refractivity contribution in [2.75, 3.05) is 0 Å². The minimum absolute atomic E-state index is 0.0673. The van der Waals surface area contributed by atoms with E-state index in [0.29, 0.717) is 0 Å². The van der Waals surface area contributed by atoms with Crippen molar-refractivity contribution in [2.24, 2.45) is 0 Å². The highest BCUT2D eigenvalue weighted by molar-refractivity contribution is 7.13. The molecular weight excluding hydrogens is 248 g/mol. The van der Waals surface area contributed by atoms with Gasteiger partial charge in [0.25, 0.3) is 0 Å². The average molecular weight is 258 g/mol. The lowest BCUT2D eigenvalue weighted by atomic mass is 10.2. The van der Waals surface area contributed by atoms with Gasteiger partial charge < -0.3 is 9.51 Å². The summed E-state index contributed by atoms with van der Waals surface area (Å²) >= 11 is 1.67. The molecule has 0 bridgehead atoms. The maximum atomic E-state index is 10.9. The average Bonchev–Trinajstić information content (AvgIpc) is 2.97. The molecule has 0 unspecified atom stereocenters. The third-order valence-corrected chi connectivity index (χ3v) is 3.83. The van der Waals surface area contributed by atoms with E-state index in [0.717, 1.165) is 16.8 Å². The lowest BCUT2D eigenvalue weighted by molar-refractivity contribution is 0.0690. The lowest BCUT2D eigenvalue weighted by Crippen LogP contribution is -2.01. The number of thiophene rings is 1. The first-order valence-electron chi connectivity index (χ1n) is 5.41. The Kier molecular flexibility index (Phi) is 2.41. The molecule has 90 valence electrons. The summed E-state index contributed by atoms with van der Waals surface area (Å²) in [6.07, 6.45) is 1.56. The minimum Gasteiger partial charge on any atom is -0.477 e. The summed E-state index contributed by atoms with van der Waals surface area (Å²) in [5.74, 6) is -1.01. The quantitative estimate of drug-likeness (QED) is 0.768. The Bertz CT molecular complexity index is 729. The lowest BCUT2D eigenvalue weighted by Gasteiger charge is -1.99. The van der Waals surface area contributed by atoms with Crippen LogP contribution in [0.2, 0.25) is 0 Å². The molecule has 0 aromatic carbocycles. The Labute approximate surface area is 107 Å². The zero-order valence-electron chi connectivity index (χ0n) is 9.62. The SMILES string of the molecule is Cc1c(-c2cccs2)cc2cc(C(=O)O)ncn12. The van der Waals surface area contributed by atoms with E-state index in [9.17, 15) is 4.79 Å². The second kappa shape index (κ2) is 3.96. The summed E-state index contributed by atoms with van der Waals surface area (Å²) < 4.78 is 1.90. The largest absolute Gasteiger partial charge is 0.477 e. The fourth-order valence-electron chi connectivity index (χ4n) is 2.01. The molecule has 1 N–H and O–H groups in total. The van der Waals surface area contributed by atoms with Crippen LogP contribution in [-0.2, 0) is 0 Å². The molecule has 0 aliphatic rings. The van der Waals surface area contributed by atoms with Crippen LogP contribution in [0.25, 0.3) is 16.0 Å². The van der Waals surface area contributed by atoms with E-state index in [4.69, 9.17) is 5.11 Å². The standard InChI is InChI=1S/C13H10N2O2S/c1-8-10(12-3-2-4-18-12)5-9-6-11(13(16)17)14-7-15(8)9/h2-7H,1H3,(H,16,17). The van der Waals surface area contributed by atoms with E-state index >= 15 is 0 Å². The van der Waals surface area contributed by atoms with Crippen molar-refractivity contribution in [3.8, 4) is 10.4 Å². The van der Waals surface area contributed by atoms with Gasteiger partial charge in [0.15, 0.2) is 5.69 Å². The highest BCUT2D eigenvalue weighted by atomic mass is 32.1. The fourth-order valence-corrected chi connectivity index (χ4v) is 2.80. The van der Waals surface area contributed by atoms with E-state index in [2.05, 4.69) is 11.1 Å². The van der Waals surface area contributed by atoms with Gasteiger partial charge in [0.2, 0.25) is 0 Å². The number of hydrogen-bond acceptors (Lipinski definition) is 3. The molecule has 3 rings (SSSR count). The van der Waals surface area contributed by atoms with Crippen molar-refractivity contribution in [1.29, 1.82) is 0 Å². The second-order valence-corrected chi connectivity index (χ2v) is 4.94. The molecule has 0 spiro atoms. The van der Waals surface area contributed by atoms with Crippen molar-refractivity contribution >= 4 is 22.8 Å². The van der Waals surface area contributed by atoms with Crippen LogP contribution in [0.15, 0.2) is 36.0 Å². The molecule has 0 saturated carbocycles. The van der Waals surface area contributed by atoms with Crippen LogP contribution in [0.1, 0.15) is 16.2 Å². The number of aromatic carboxylic acids is 1. The molecule has 0 fully saturated rings. The Morgan fingerprint density at radius 1 is 1.44 bits per heavy atom.